The molecule has 0 saturated heterocycles. The van der Waals surface area contributed by atoms with Crippen LogP contribution in [0.5, 0.6) is 5.75 Å². The molecule has 2 aromatic carbocycles. The van der Waals surface area contributed by atoms with E-state index in [1.54, 1.807) is 12.1 Å². The van der Waals surface area contributed by atoms with Gasteiger partial charge < -0.3 is 14.8 Å². The van der Waals surface area contributed by atoms with E-state index in [9.17, 15) is 9.90 Å². The van der Waals surface area contributed by atoms with E-state index in [0.717, 1.165) is 22.4 Å². The van der Waals surface area contributed by atoms with Gasteiger partial charge in [-0.25, -0.2) is 4.79 Å². The average molecular weight is 281 g/mol. The van der Waals surface area contributed by atoms with Crippen LogP contribution in [0.1, 0.15) is 21.6 Å². The van der Waals surface area contributed by atoms with E-state index >= 15 is 0 Å². The summed E-state index contributed by atoms with van der Waals surface area (Å²) in [4.78, 5) is 14.3. The lowest BCUT2D eigenvalue weighted by molar-refractivity contribution is 0.0699. The van der Waals surface area contributed by atoms with E-state index in [2.05, 4.69) is 4.98 Å². The lowest BCUT2D eigenvalue weighted by atomic mass is 10.1. The highest BCUT2D eigenvalue weighted by molar-refractivity contribution is 6.02. The Hall–Kier alpha value is -2.75. The van der Waals surface area contributed by atoms with Gasteiger partial charge in [0.05, 0.1) is 16.8 Å². The average Bonchev–Trinajstić information content (AvgIpc) is 2.87. The van der Waals surface area contributed by atoms with Crippen molar-refractivity contribution in [3.05, 3.63) is 65.4 Å². The zero-order valence-electron chi connectivity index (χ0n) is 11.6. The molecule has 4 heteroatoms. The van der Waals surface area contributed by atoms with Gasteiger partial charge in [-0.3, -0.25) is 0 Å². The van der Waals surface area contributed by atoms with Crippen molar-refractivity contribution in [2.45, 2.75) is 13.5 Å². The number of rotatable bonds is 4. The second-order valence-electron chi connectivity index (χ2n) is 4.97. The van der Waals surface area contributed by atoms with Crippen molar-refractivity contribution in [2.24, 2.45) is 0 Å². The topological polar surface area (TPSA) is 62.3 Å². The summed E-state index contributed by atoms with van der Waals surface area (Å²) in [6.07, 6.45) is 0. The monoisotopic (exact) mass is 281 g/mol. The fourth-order valence-corrected chi connectivity index (χ4v) is 2.34. The Morgan fingerprint density at radius 1 is 1.19 bits per heavy atom. The molecule has 3 rings (SSSR count). The van der Waals surface area contributed by atoms with Gasteiger partial charge in [0.1, 0.15) is 12.4 Å². The molecule has 0 atom stereocenters. The van der Waals surface area contributed by atoms with Gasteiger partial charge in [0.2, 0.25) is 0 Å². The first-order valence-electron chi connectivity index (χ1n) is 6.67. The third-order valence-electron chi connectivity index (χ3n) is 3.33. The Bertz CT molecular complexity index is 805. The summed E-state index contributed by atoms with van der Waals surface area (Å²) < 4.78 is 5.72. The number of benzene rings is 2. The fourth-order valence-electron chi connectivity index (χ4n) is 2.34. The molecule has 0 radical (unpaired) electrons. The Morgan fingerprint density at radius 2 is 2.00 bits per heavy atom. The molecule has 0 saturated carbocycles. The minimum Gasteiger partial charge on any atom is -0.487 e. The van der Waals surface area contributed by atoms with E-state index in [4.69, 9.17) is 4.74 Å². The Kier molecular flexibility index (Phi) is 3.36. The number of carbonyl (C=O) groups is 1. The standard InChI is InChI=1S/C17H15NO3/c1-11-4-2-6-14(8-11)21-10-13-9-12-5-3-7-15(17(19)20)16(12)18-13/h2-9,18H,10H2,1H3,(H,19,20). The number of hydrogen-bond acceptors (Lipinski definition) is 2. The van der Waals surface area contributed by atoms with Crippen molar-refractivity contribution < 1.29 is 14.6 Å². The van der Waals surface area contributed by atoms with E-state index < -0.39 is 5.97 Å². The fraction of sp³-hybridized carbons (Fsp3) is 0.118. The molecular weight excluding hydrogens is 266 g/mol. The van der Waals surface area contributed by atoms with Gasteiger partial charge in [0.25, 0.3) is 0 Å². The van der Waals surface area contributed by atoms with Gasteiger partial charge in [-0.15, -0.1) is 0 Å². The number of fused-ring (bicyclic) bond motifs is 1. The van der Waals surface area contributed by atoms with Gasteiger partial charge in [0, 0.05) is 5.39 Å². The van der Waals surface area contributed by atoms with Crippen molar-refractivity contribution in [2.75, 3.05) is 0 Å². The SMILES string of the molecule is Cc1cccc(OCc2cc3cccc(C(=O)O)c3[nH]2)c1. The van der Waals surface area contributed by atoms with Crippen LogP contribution in [0.4, 0.5) is 0 Å². The van der Waals surface area contributed by atoms with Crippen LogP contribution in [-0.4, -0.2) is 16.1 Å². The predicted molar refractivity (Wildman–Crippen MR) is 80.8 cm³/mol. The minimum absolute atomic E-state index is 0.273. The molecule has 0 bridgehead atoms. The summed E-state index contributed by atoms with van der Waals surface area (Å²) in [7, 11) is 0. The number of aryl methyl sites for hydroxylation is 1. The molecule has 0 aliphatic rings. The number of aromatic carboxylic acids is 1. The summed E-state index contributed by atoms with van der Waals surface area (Å²) >= 11 is 0. The first-order chi connectivity index (χ1) is 10.1. The molecule has 0 aliphatic heterocycles. The third kappa shape index (κ3) is 2.74. The van der Waals surface area contributed by atoms with E-state index in [0.29, 0.717) is 12.1 Å². The van der Waals surface area contributed by atoms with Crippen molar-refractivity contribution >= 4 is 16.9 Å². The van der Waals surface area contributed by atoms with Gasteiger partial charge in [-0.2, -0.15) is 0 Å². The number of hydrogen-bond donors (Lipinski definition) is 2. The number of para-hydroxylation sites is 1. The molecule has 0 unspecified atom stereocenters. The Balaban J connectivity index is 1.85. The van der Waals surface area contributed by atoms with Gasteiger partial charge in [0.15, 0.2) is 0 Å². The molecule has 0 aliphatic carbocycles. The first-order valence-corrected chi connectivity index (χ1v) is 6.67. The van der Waals surface area contributed by atoms with Crippen LogP contribution in [0.3, 0.4) is 0 Å². The molecule has 4 nitrogen and oxygen atoms in total. The minimum atomic E-state index is -0.936. The lowest BCUT2D eigenvalue weighted by Crippen LogP contribution is -1.98. The first kappa shape index (κ1) is 13.2. The highest BCUT2D eigenvalue weighted by Crippen LogP contribution is 2.21. The molecule has 21 heavy (non-hydrogen) atoms. The zero-order valence-corrected chi connectivity index (χ0v) is 11.6. The van der Waals surface area contributed by atoms with Crippen LogP contribution < -0.4 is 4.74 Å². The molecule has 0 fully saturated rings. The summed E-state index contributed by atoms with van der Waals surface area (Å²) in [5.74, 6) is -0.138. The largest absolute Gasteiger partial charge is 0.487 e. The number of nitrogens with one attached hydrogen (secondary N) is 1. The quantitative estimate of drug-likeness (QED) is 0.765. The lowest BCUT2D eigenvalue weighted by Gasteiger charge is -2.05. The maximum atomic E-state index is 11.2. The van der Waals surface area contributed by atoms with E-state index in [-0.39, 0.29) is 5.56 Å². The maximum Gasteiger partial charge on any atom is 0.337 e. The third-order valence-corrected chi connectivity index (χ3v) is 3.33. The van der Waals surface area contributed by atoms with Crippen molar-refractivity contribution in [3.63, 3.8) is 0 Å². The van der Waals surface area contributed by atoms with Crippen molar-refractivity contribution in [3.8, 4) is 5.75 Å². The number of aromatic amines is 1. The molecule has 2 N–H and O–H groups in total. The molecule has 3 aromatic rings. The highest BCUT2D eigenvalue weighted by atomic mass is 16.5. The van der Waals surface area contributed by atoms with Crippen molar-refractivity contribution in [1.82, 2.24) is 4.98 Å². The number of carboxylic acid groups (broad SMARTS) is 1. The van der Waals surface area contributed by atoms with Gasteiger partial charge >= 0.3 is 5.97 Å². The predicted octanol–water partition coefficient (Wildman–Crippen LogP) is 3.75. The van der Waals surface area contributed by atoms with Gasteiger partial charge in [-0.1, -0.05) is 24.3 Å². The van der Waals surface area contributed by atoms with Crippen LogP contribution in [0.15, 0.2) is 48.5 Å². The van der Waals surface area contributed by atoms with Crippen molar-refractivity contribution in [1.29, 1.82) is 0 Å². The number of aromatic nitrogens is 1. The Labute approximate surface area is 122 Å². The highest BCUT2D eigenvalue weighted by Gasteiger charge is 2.10. The molecule has 1 aromatic heterocycles. The van der Waals surface area contributed by atoms with Crippen LogP contribution in [-0.2, 0) is 6.61 Å². The maximum absolute atomic E-state index is 11.2. The Morgan fingerprint density at radius 3 is 2.76 bits per heavy atom. The second kappa shape index (κ2) is 5.32. The van der Waals surface area contributed by atoms with Gasteiger partial charge in [-0.05, 0) is 36.8 Å². The molecule has 1 heterocycles. The number of ether oxygens (including phenoxy) is 1. The van der Waals surface area contributed by atoms with Crippen LogP contribution in [0, 0.1) is 6.92 Å². The van der Waals surface area contributed by atoms with Crippen LogP contribution >= 0.6 is 0 Å². The molecular formula is C17H15NO3. The second-order valence-corrected chi connectivity index (χ2v) is 4.97. The summed E-state index contributed by atoms with van der Waals surface area (Å²) in [6, 6.07) is 14.9. The summed E-state index contributed by atoms with van der Waals surface area (Å²) in [6.45, 7) is 2.38. The normalized spacial score (nSPS) is 10.7. The molecule has 106 valence electrons. The zero-order chi connectivity index (χ0) is 14.8. The summed E-state index contributed by atoms with van der Waals surface area (Å²) in [5, 5.41) is 10.1. The molecule has 0 amide bonds. The van der Waals surface area contributed by atoms with E-state index in [1.807, 2.05) is 43.3 Å². The van der Waals surface area contributed by atoms with Crippen LogP contribution in [0.25, 0.3) is 10.9 Å². The molecule has 0 spiro atoms. The number of H-pyrrole nitrogens is 1. The van der Waals surface area contributed by atoms with E-state index in [1.165, 1.54) is 0 Å². The summed E-state index contributed by atoms with van der Waals surface area (Å²) in [5.41, 5.74) is 2.89. The number of carboxylic acids is 1. The van der Waals surface area contributed by atoms with Crippen LogP contribution in [0.2, 0.25) is 0 Å². The smallest absolute Gasteiger partial charge is 0.337 e.